The van der Waals surface area contributed by atoms with Crippen molar-refractivity contribution in [1.82, 2.24) is 0 Å². The number of carbonyl (C=O) groups excluding carboxylic acids is 1. The van der Waals surface area contributed by atoms with Crippen molar-refractivity contribution in [2.75, 3.05) is 37.7 Å². The molecule has 0 fully saturated rings. The Kier molecular flexibility index (Phi) is 10.3. The van der Waals surface area contributed by atoms with Crippen molar-refractivity contribution in [3.63, 3.8) is 0 Å². The molecule has 0 aromatic heterocycles. The van der Waals surface area contributed by atoms with Crippen LogP contribution in [0.15, 0.2) is 54.3 Å². The van der Waals surface area contributed by atoms with Gasteiger partial charge in [0.05, 0.1) is 12.8 Å². The fourth-order valence-corrected chi connectivity index (χ4v) is 3.31. The van der Waals surface area contributed by atoms with Crippen molar-refractivity contribution in [3.05, 3.63) is 59.8 Å². The Hall–Kier alpha value is -2.33. The summed E-state index contributed by atoms with van der Waals surface area (Å²) >= 11 is 0. The van der Waals surface area contributed by atoms with Crippen molar-refractivity contribution < 1.29 is 14.4 Å². The molecule has 0 saturated heterocycles. The zero-order chi connectivity index (χ0) is 20.9. The molecule has 4 heteroatoms. The second kappa shape index (κ2) is 13.0. The summed E-state index contributed by atoms with van der Waals surface area (Å²) in [6, 6.07) is 8.87. The van der Waals surface area contributed by atoms with Crippen molar-refractivity contribution in [3.8, 4) is 0 Å². The van der Waals surface area contributed by atoms with Gasteiger partial charge in [-0.1, -0.05) is 51.0 Å². The van der Waals surface area contributed by atoms with Gasteiger partial charge in [0, 0.05) is 18.8 Å². The first-order valence-electron chi connectivity index (χ1n) is 11.1. The maximum absolute atomic E-state index is 11.6. The summed E-state index contributed by atoms with van der Waals surface area (Å²) < 4.78 is 5.01. The van der Waals surface area contributed by atoms with Crippen LogP contribution in [-0.4, -0.2) is 38.8 Å². The van der Waals surface area contributed by atoms with Gasteiger partial charge in [0.25, 0.3) is 0 Å². The van der Waals surface area contributed by atoms with Crippen molar-refractivity contribution in [1.29, 1.82) is 0 Å². The minimum atomic E-state index is -0.147. The summed E-state index contributed by atoms with van der Waals surface area (Å²) in [5, 5.41) is 0. The quantitative estimate of drug-likeness (QED) is 0.541. The summed E-state index contributed by atoms with van der Waals surface area (Å²) in [5.74, 6) is -0.147. The van der Waals surface area contributed by atoms with Gasteiger partial charge < -0.3 is 9.64 Å². The molecule has 1 aliphatic rings. The van der Waals surface area contributed by atoms with E-state index in [0.717, 1.165) is 24.5 Å². The highest BCUT2D eigenvalue weighted by Crippen LogP contribution is 2.18. The van der Waals surface area contributed by atoms with E-state index in [2.05, 4.69) is 67.3 Å². The molecule has 1 atom stereocenters. The Labute approximate surface area is 176 Å². The van der Waals surface area contributed by atoms with E-state index in [1.54, 1.807) is 0 Å². The maximum atomic E-state index is 11.6. The minimum Gasteiger partial charge on any atom is -0.462 e. The van der Waals surface area contributed by atoms with Crippen LogP contribution in [0.4, 0.5) is 5.69 Å². The molecule has 1 heterocycles. The Morgan fingerprint density at radius 1 is 1.07 bits per heavy atom. The van der Waals surface area contributed by atoms with Crippen molar-refractivity contribution >= 4 is 17.7 Å². The normalized spacial score (nSPS) is 16.1. The largest absolute Gasteiger partial charge is 0.462 e. The van der Waals surface area contributed by atoms with Gasteiger partial charge in [-0.2, -0.15) is 0 Å². The molecule has 1 unspecified atom stereocenters. The van der Waals surface area contributed by atoms with Gasteiger partial charge in [-0.3, -0.25) is 4.90 Å². The van der Waals surface area contributed by atoms with Crippen molar-refractivity contribution in [2.24, 2.45) is 0 Å². The van der Waals surface area contributed by atoms with Crippen LogP contribution >= 0.6 is 0 Å². The monoisotopic (exact) mass is 397 g/mol. The molecule has 158 valence electrons. The third-order valence-electron chi connectivity index (χ3n) is 5.08. The van der Waals surface area contributed by atoms with Crippen LogP contribution in [0.3, 0.4) is 0 Å². The molecular weight excluding hydrogens is 360 g/mol. The van der Waals surface area contributed by atoms with Gasteiger partial charge in [-0.05, 0) is 55.2 Å². The average Bonchev–Trinajstić information content (AvgIpc) is 2.74. The third kappa shape index (κ3) is 8.28. The third-order valence-corrected chi connectivity index (χ3v) is 5.08. The van der Waals surface area contributed by atoms with Crippen LogP contribution in [-0.2, 0) is 9.53 Å². The number of nitrogens with zero attached hydrogens (tertiary/aromatic N) is 1. The zero-order valence-electron chi connectivity index (χ0n) is 18.3. The highest BCUT2D eigenvalue weighted by atomic mass is 16.5. The van der Waals surface area contributed by atoms with Crippen LogP contribution in [0, 0.1) is 0 Å². The number of ether oxygens (including phenoxy) is 1. The summed E-state index contributed by atoms with van der Waals surface area (Å²) in [6.45, 7) is 10.2. The summed E-state index contributed by atoms with van der Waals surface area (Å²) in [5.41, 5.74) is 3.70. The standard InChI is InChI=1S/C25H36N2O2/c1-4-7-17-27(18-8-5-2)24-13-11-22(12-14-24)9-10-23-15-19-26(20-16-23)21-25(28)29-6-3/h9-16,19H,4-8,17-18,20-21H2,1-3H3/p+1/b10-9+. The second-order valence-corrected chi connectivity index (χ2v) is 7.50. The molecule has 0 saturated carbocycles. The average molecular weight is 398 g/mol. The molecule has 4 nitrogen and oxygen atoms in total. The molecule has 0 radical (unpaired) electrons. The first-order valence-corrected chi connectivity index (χ1v) is 11.1. The Morgan fingerprint density at radius 3 is 2.31 bits per heavy atom. The number of allylic oxidation sites excluding steroid dienone is 3. The number of anilines is 1. The fraction of sp³-hybridized carbons (Fsp3) is 0.480. The molecular formula is C25H37N2O2+. The lowest BCUT2D eigenvalue weighted by Gasteiger charge is -2.24. The first-order chi connectivity index (χ1) is 14.2. The van der Waals surface area contributed by atoms with Crippen LogP contribution in [0.25, 0.3) is 6.08 Å². The molecule has 1 N–H and O–H groups in total. The molecule has 0 aliphatic carbocycles. The van der Waals surface area contributed by atoms with Gasteiger partial charge >= 0.3 is 5.97 Å². The molecule has 0 spiro atoms. The number of esters is 1. The van der Waals surface area contributed by atoms with Crippen LogP contribution in [0.1, 0.15) is 52.0 Å². The van der Waals surface area contributed by atoms with Crippen LogP contribution in [0.2, 0.25) is 0 Å². The number of rotatable bonds is 12. The van der Waals surface area contributed by atoms with E-state index in [-0.39, 0.29) is 5.97 Å². The van der Waals surface area contributed by atoms with Crippen LogP contribution in [0.5, 0.6) is 0 Å². The lowest BCUT2D eigenvalue weighted by molar-refractivity contribution is -0.833. The Bertz CT molecular complexity index is 696. The number of quaternary nitrogens is 1. The van der Waals surface area contributed by atoms with E-state index in [4.69, 9.17) is 4.74 Å². The summed E-state index contributed by atoms with van der Waals surface area (Å²) in [6.07, 6.45) is 15.5. The van der Waals surface area contributed by atoms with E-state index < -0.39 is 0 Å². The smallest absolute Gasteiger partial charge is 0.362 e. The lowest BCUT2D eigenvalue weighted by Crippen LogP contribution is -3.08. The molecule has 1 aromatic rings. The van der Waals surface area contributed by atoms with E-state index in [1.807, 2.05) is 13.1 Å². The zero-order valence-corrected chi connectivity index (χ0v) is 18.3. The highest BCUT2D eigenvalue weighted by Gasteiger charge is 2.14. The van der Waals surface area contributed by atoms with E-state index in [1.165, 1.54) is 42.5 Å². The topological polar surface area (TPSA) is 34.0 Å². The van der Waals surface area contributed by atoms with Crippen molar-refractivity contribution in [2.45, 2.75) is 46.5 Å². The number of benzene rings is 1. The number of carbonyl (C=O) groups is 1. The fourth-order valence-electron chi connectivity index (χ4n) is 3.31. The predicted molar refractivity (Wildman–Crippen MR) is 122 cm³/mol. The predicted octanol–water partition coefficient (Wildman–Crippen LogP) is 4.01. The van der Waals surface area contributed by atoms with Gasteiger partial charge in [0.15, 0.2) is 6.54 Å². The van der Waals surface area contributed by atoms with E-state index >= 15 is 0 Å². The van der Waals surface area contributed by atoms with Gasteiger partial charge in [-0.25, -0.2) is 4.79 Å². The lowest BCUT2D eigenvalue weighted by atomic mass is 10.1. The summed E-state index contributed by atoms with van der Waals surface area (Å²) in [7, 11) is 0. The molecule has 1 aliphatic heterocycles. The molecule has 1 aromatic carbocycles. The highest BCUT2D eigenvalue weighted by molar-refractivity contribution is 5.70. The SMILES string of the molecule is CCCCN(CCCC)c1ccc(/C=C/C2=CC[NH+](CC(=O)OCC)C=C2)cc1. The molecule has 2 rings (SSSR count). The maximum Gasteiger partial charge on any atom is 0.362 e. The van der Waals surface area contributed by atoms with Gasteiger partial charge in [0.2, 0.25) is 0 Å². The Balaban J connectivity index is 1.90. The van der Waals surface area contributed by atoms with E-state index in [0.29, 0.717) is 13.2 Å². The minimum absolute atomic E-state index is 0.147. The Morgan fingerprint density at radius 2 is 1.76 bits per heavy atom. The number of hydrogen-bond donors (Lipinski definition) is 1. The van der Waals surface area contributed by atoms with E-state index in [9.17, 15) is 4.79 Å². The van der Waals surface area contributed by atoms with Gasteiger partial charge in [0.1, 0.15) is 6.54 Å². The van der Waals surface area contributed by atoms with Crippen LogP contribution < -0.4 is 9.80 Å². The first kappa shape index (κ1) is 23.0. The molecule has 29 heavy (non-hydrogen) atoms. The number of nitrogens with one attached hydrogen (secondary N) is 1. The molecule has 0 bridgehead atoms. The molecule has 0 amide bonds. The summed E-state index contributed by atoms with van der Waals surface area (Å²) in [4.78, 5) is 15.2. The number of unbranched alkanes of at least 4 members (excludes halogenated alkanes) is 2. The van der Waals surface area contributed by atoms with Gasteiger partial charge in [-0.15, -0.1) is 0 Å². The second-order valence-electron chi connectivity index (χ2n) is 7.50. The number of hydrogen-bond acceptors (Lipinski definition) is 3.